The molecular formula is C26H27F3. The van der Waals surface area contributed by atoms with Crippen LogP contribution in [0.1, 0.15) is 73.6 Å². The van der Waals surface area contributed by atoms with Gasteiger partial charge in [-0.25, -0.2) is 0 Å². The molecule has 0 aromatic heterocycles. The maximum Gasteiger partial charge on any atom is 0.416 e. The van der Waals surface area contributed by atoms with Gasteiger partial charge in [0.05, 0.1) is 5.56 Å². The Morgan fingerprint density at radius 2 is 1.28 bits per heavy atom. The Labute approximate surface area is 171 Å². The summed E-state index contributed by atoms with van der Waals surface area (Å²) in [4.78, 5) is 0. The molecule has 0 N–H and O–H groups in total. The van der Waals surface area contributed by atoms with Crippen molar-refractivity contribution >= 4 is 0 Å². The van der Waals surface area contributed by atoms with Crippen molar-refractivity contribution in [2.24, 2.45) is 17.8 Å². The first-order valence-corrected chi connectivity index (χ1v) is 10.7. The molecule has 2 aromatic rings. The van der Waals surface area contributed by atoms with Crippen molar-refractivity contribution < 1.29 is 13.2 Å². The molecule has 0 heterocycles. The molecule has 0 radical (unpaired) electrons. The number of alkyl halides is 3. The predicted octanol–water partition coefficient (Wildman–Crippen LogP) is 7.43. The first-order chi connectivity index (χ1) is 13.9. The summed E-state index contributed by atoms with van der Waals surface area (Å²) < 4.78 is 37.9. The molecule has 4 atom stereocenters. The molecule has 4 unspecified atom stereocenters. The fourth-order valence-electron chi connectivity index (χ4n) is 5.15. The minimum Gasteiger partial charge on any atom is -0.166 e. The van der Waals surface area contributed by atoms with Crippen LogP contribution in [-0.2, 0) is 6.18 Å². The lowest BCUT2D eigenvalue weighted by molar-refractivity contribution is -0.137. The largest absolute Gasteiger partial charge is 0.416 e. The van der Waals surface area contributed by atoms with E-state index in [-0.39, 0.29) is 0 Å². The summed E-state index contributed by atoms with van der Waals surface area (Å²) in [5.41, 5.74) is 2.25. The lowest BCUT2D eigenvalue weighted by Gasteiger charge is -2.41. The normalized spacial score (nSPS) is 26.9. The number of halogens is 3. The number of hydrogen-bond acceptors (Lipinski definition) is 0. The maximum atomic E-state index is 12.6. The third kappa shape index (κ3) is 4.86. The van der Waals surface area contributed by atoms with Gasteiger partial charge in [-0.1, -0.05) is 37.3 Å². The van der Waals surface area contributed by atoms with Crippen molar-refractivity contribution in [1.29, 1.82) is 0 Å². The van der Waals surface area contributed by atoms with E-state index in [0.717, 1.165) is 35.4 Å². The smallest absolute Gasteiger partial charge is 0.166 e. The monoisotopic (exact) mass is 396 g/mol. The fourth-order valence-corrected chi connectivity index (χ4v) is 5.15. The van der Waals surface area contributed by atoms with E-state index in [9.17, 15) is 13.2 Å². The minimum absolute atomic E-state index is 0.590. The highest BCUT2D eigenvalue weighted by atomic mass is 19.4. The SMILES string of the molecule is CC1CCC2CC(c3ccc(C#Cc4ccc(C(F)(F)F)cc4)cc3)CCC2C1. The summed E-state index contributed by atoms with van der Waals surface area (Å²) in [7, 11) is 0. The van der Waals surface area contributed by atoms with Gasteiger partial charge in [-0.15, -0.1) is 0 Å². The van der Waals surface area contributed by atoms with E-state index in [4.69, 9.17) is 0 Å². The van der Waals surface area contributed by atoms with Crippen molar-refractivity contribution in [3.8, 4) is 11.8 Å². The van der Waals surface area contributed by atoms with Gasteiger partial charge in [-0.05, 0) is 97.7 Å². The van der Waals surface area contributed by atoms with Crippen molar-refractivity contribution in [3.63, 3.8) is 0 Å². The molecule has 0 bridgehead atoms. The third-order valence-electron chi connectivity index (χ3n) is 6.82. The molecule has 3 heteroatoms. The first kappa shape index (κ1) is 20.1. The van der Waals surface area contributed by atoms with Gasteiger partial charge in [-0.3, -0.25) is 0 Å². The highest BCUT2D eigenvalue weighted by Gasteiger charge is 2.34. The van der Waals surface area contributed by atoms with E-state index >= 15 is 0 Å². The first-order valence-electron chi connectivity index (χ1n) is 10.7. The van der Waals surface area contributed by atoms with Crippen molar-refractivity contribution in [1.82, 2.24) is 0 Å². The highest BCUT2D eigenvalue weighted by molar-refractivity contribution is 5.44. The van der Waals surface area contributed by atoms with Gasteiger partial charge in [0.15, 0.2) is 0 Å². The maximum absolute atomic E-state index is 12.6. The molecule has 0 spiro atoms. The molecule has 2 saturated carbocycles. The Morgan fingerprint density at radius 1 is 0.724 bits per heavy atom. The number of rotatable bonds is 1. The molecule has 29 heavy (non-hydrogen) atoms. The van der Waals surface area contributed by atoms with Crippen molar-refractivity contribution in [2.75, 3.05) is 0 Å². The highest BCUT2D eigenvalue weighted by Crippen LogP contribution is 2.47. The Hall–Kier alpha value is -2.21. The van der Waals surface area contributed by atoms with Crippen LogP contribution >= 0.6 is 0 Å². The standard InChI is InChI=1S/C26H27F3/c1-18-2-9-24-17-23(13-12-22(24)16-18)21-10-5-19(6-11-21)3-4-20-7-14-25(15-8-20)26(27,28)29/h5-8,10-11,14-15,18,22-24H,2,9,12-13,16-17H2,1H3. The molecule has 0 nitrogen and oxygen atoms in total. The Kier molecular flexibility index (Phi) is 5.72. The van der Waals surface area contributed by atoms with Gasteiger partial charge < -0.3 is 0 Å². The number of hydrogen-bond donors (Lipinski definition) is 0. The van der Waals surface area contributed by atoms with Gasteiger partial charge in [-0.2, -0.15) is 13.2 Å². The second-order valence-electron chi connectivity index (χ2n) is 8.90. The van der Waals surface area contributed by atoms with Crippen LogP contribution in [0.3, 0.4) is 0 Å². The molecule has 4 rings (SSSR count). The summed E-state index contributed by atoms with van der Waals surface area (Å²) in [5.74, 6) is 9.41. The van der Waals surface area contributed by atoms with E-state index < -0.39 is 11.7 Å². The molecule has 152 valence electrons. The predicted molar refractivity (Wildman–Crippen MR) is 110 cm³/mol. The van der Waals surface area contributed by atoms with Gasteiger partial charge in [0.1, 0.15) is 0 Å². The molecule has 2 aliphatic carbocycles. The van der Waals surface area contributed by atoms with E-state index in [2.05, 4.69) is 30.9 Å². The molecule has 2 aromatic carbocycles. The average molecular weight is 396 g/mol. The second-order valence-corrected chi connectivity index (χ2v) is 8.90. The van der Waals surface area contributed by atoms with Crippen LogP contribution < -0.4 is 0 Å². The van der Waals surface area contributed by atoms with Gasteiger partial charge in [0.2, 0.25) is 0 Å². The van der Waals surface area contributed by atoms with Crippen LogP contribution in [0.4, 0.5) is 13.2 Å². The molecule has 2 aliphatic rings. The topological polar surface area (TPSA) is 0 Å². The molecule has 0 amide bonds. The van der Waals surface area contributed by atoms with Crippen LogP contribution in [0.15, 0.2) is 48.5 Å². The van der Waals surface area contributed by atoms with Crippen LogP contribution in [0.2, 0.25) is 0 Å². The zero-order chi connectivity index (χ0) is 20.4. The van der Waals surface area contributed by atoms with Gasteiger partial charge >= 0.3 is 6.18 Å². The quantitative estimate of drug-likeness (QED) is 0.440. The molecule has 0 aliphatic heterocycles. The van der Waals surface area contributed by atoms with E-state index in [1.165, 1.54) is 56.2 Å². The second kappa shape index (κ2) is 8.27. The number of benzene rings is 2. The summed E-state index contributed by atoms with van der Waals surface area (Å²) in [6.07, 6.45) is 3.83. The molecular weight excluding hydrogens is 369 g/mol. The van der Waals surface area contributed by atoms with Gasteiger partial charge in [0, 0.05) is 11.1 Å². The van der Waals surface area contributed by atoms with E-state index in [1.807, 2.05) is 12.1 Å². The number of fused-ring (bicyclic) bond motifs is 1. The average Bonchev–Trinajstić information content (AvgIpc) is 2.72. The fraction of sp³-hybridized carbons (Fsp3) is 0.462. The third-order valence-corrected chi connectivity index (χ3v) is 6.82. The lowest BCUT2D eigenvalue weighted by Crippen LogP contribution is -2.29. The Balaban J connectivity index is 1.39. The Morgan fingerprint density at radius 3 is 1.90 bits per heavy atom. The Bertz CT molecular complexity index is 881. The van der Waals surface area contributed by atoms with Gasteiger partial charge in [0.25, 0.3) is 0 Å². The van der Waals surface area contributed by atoms with Crippen LogP contribution in [0.5, 0.6) is 0 Å². The van der Waals surface area contributed by atoms with Crippen LogP contribution in [0.25, 0.3) is 0 Å². The summed E-state index contributed by atoms with van der Waals surface area (Å²) >= 11 is 0. The summed E-state index contributed by atoms with van der Waals surface area (Å²) in [5, 5.41) is 0. The molecule has 2 fully saturated rings. The van der Waals surface area contributed by atoms with Crippen LogP contribution in [-0.4, -0.2) is 0 Å². The lowest BCUT2D eigenvalue weighted by atomic mass is 9.64. The van der Waals surface area contributed by atoms with Crippen molar-refractivity contribution in [3.05, 3.63) is 70.8 Å². The van der Waals surface area contributed by atoms with E-state index in [0.29, 0.717) is 11.5 Å². The molecule has 0 saturated heterocycles. The van der Waals surface area contributed by atoms with E-state index in [1.54, 1.807) is 0 Å². The zero-order valence-electron chi connectivity index (χ0n) is 16.8. The summed E-state index contributed by atoms with van der Waals surface area (Å²) in [6.45, 7) is 2.40. The minimum atomic E-state index is -4.31. The zero-order valence-corrected chi connectivity index (χ0v) is 16.8. The summed E-state index contributed by atoms with van der Waals surface area (Å²) in [6, 6.07) is 13.5. The van der Waals surface area contributed by atoms with Crippen LogP contribution in [0, 0.1) is 29.6 Å². The van der Waals surface area contributed by atoms with Crippen molar-refractivity contribution in [2.45, 2.75) is 57.5 Å².